The van der Waals surface area contributed by atoms with Crippen LogP contribution in [0.15, 0.2) is 73.1 Å². The van der Waals surface area contributed by atoms with Gasteiger partial charge in [-0.3, -0.25) is 39.3 Å². The molecule has 3 aliphatic heterocycles. The van der Waals surface area contributed by atoms with Crippen molar-refractivity contribution >= 4 is 35.0 Å². The lowest BCUT2D eigenvalue weighted by molar-refractivity contribution is -0.385. The number of nitrogens with zero attached hydrogens (tertiary/aromatic N) is 5. The van der Waals surface area contributed by atoms with E-state index < -0.39 is 4.92 Å². The van der Waals surface area contributed by atoms with Crippen LogP contribution in [0, 0.1) is 24.0 Å². The number of nitrogen functional groups attached to an aromatic ring is 1. The second-order valence-corrected chi connectivity index (χ2v) is 14.7. The monoisotopic (exact) mass is 838 g/mol. The van der Waals surface area contributed by atoms with Crippen LogP contribution in [0.2, 0.25) is 0 Å². The van der Waals surface area contributed by atoms with Crippen molar-refractivity contribution in [3.63, 3.8) is 0 Å². The van der Waals surface area contributed by atoms with E-state index in [0.29, 0.717) is 79.7 Å². The molecule has 17 heteroatoms. The SMILES string of the molecule is C1CCOC1.Cc1ccc(Oc2ccnc(C(=O)NCCCN3CCCC3=O)c2)cc1N.Cc1ccc(Oc2ccnc(C(=O)NCCCN3CCCC3=O)c2)cc1[N+](=O)[O-]. The molecule has 17 nitrogen and oxygen atoms in total. The first kappa shape index (κ1) is 45.5. The highest BCUT2D eigenvalue weighted by atomic mass is 16.6. The van der Waals surface area contributed by atoms with Gasteiger partial charge in [0.2, 0.25) is 11.8 Å². The number of anilines is 1. The maximum atomic E-state index is 12.3. The number of pyridine rings is 2. The number of nitrogens with two attached hydrogens (primary N) is 1. The van der Waals surface area contributed by atoms with Gasteiger partial charge in [0.25, 0.3) is 17.5 Å². The van der Waals surface area contributed by atoms with E-state index in [9.17, 15) is 29.3 Å². The normalized spacial score (nSPS) is 14.4. The van der Waals surface area contributed by atoms with Crippen molar-refractivity contribution in [1.29, 1.82) is 0 Å². The first-order valence-electron chi connectivity index (χ1n) is 20.6. The number of benzene rings is 2. The van der Waals surface area contributed by atoms with Crippen LogP contribution in [0.25, 0.3) is 0 Å². The Morgan fingerprint density at radius 3 is 1.62 bits per heavy atom. The van der Waals surface area contributed by atoms with Gasteiger partial charge in [-0.2, -0.15) is 0 Å². The van der Waals surface area contributed by atoms with Crippen molar-refractivity contribution in [1.82, 2.24) is 30.4 Å². The van der Waals surface area contributed by atoms with Crippen LogP contribution in [0.1, 0.15) is 83.5 Å². The summed E-state index contributed by atoms with van der Waals surface area (Å²) in [7, 11) is 0. The molecule has 4 N–H and O–H groups in total. The van der Waals surface area contributed by atoms with Crippen LogP contribution in [0.4, 0.5) is 11.4 Å². The first-order chi connectivity index (χ1) is 29.5. The van der Waals surface area contributed by atoms with Crippen molar-refractivity contribution in [2.45, 2.75) is 65.2 Å². The molecule has 0 atom stereocenters. The average Bonchev–Trinajstić information content (AvgIpc) is 4.06. The van der Waals surface area contributed by atoms with Crippen molar-refractivity contribution in [2.24, 2.45) is 0 Å². The van der Waals surface area contributed by atoms with Gasteiger partial charge in [0.05, 0.1) is 11.0 Å². The van der Waals surface area contributed by atoms with Crippen molar-refractivity contribution in [3.8, 4) is 23.0 Å². The Hall–Kier alpha value is -6.62. The quantitative estimate of drug-likeness (QED) is 0.0532. The minimum Gasteiger partial charge on any atom is -0.457 e. The maximum absolute atomic E-state index is 12.3. The van der Waals surface area contributed by atoms with Crippen LogP contribution in [0.5, 0.6) is 23.0 Å². The fraction of sp³-hybridized carbons (Fsp3) is 0.409. The zero-order valence-corrected chi connectivity index (χ0v) is 34.7. The zero-order valence-electron chi connectivity index (χ0n) is 34.7. The fourth-order valence-electron chi connectivity index (χ4n) is 6.52. The van der Waals surface area contributed by atoms with Crippen LogP contribution in [0.3, 0.4) is 0 Å². The Morgan fingerprint density at radius 2 is 1.20 bits per heavy atom. The number of amides is 4. The summed E-state index contributed by atoms with van der Waals surface area (Å²) in [5, 5.41) is 16.7. The smallest absolute Gasteiger partial charge is 0.276 e. The van der Waals surface area contributed by atoms with Crippen LogP contribution in [-0.2, 0) is 14.3 Å². The van der Waals surface area contributed by atoms with E-state index in [-0.39, 0.29) is 40.7 Å². The molecule has 324 valence electrons. The molecule has 5 heterocycles. The molecule has 0 radical (unpaired) electrons. The third-order valence-electron chi connectivity index (χ3n) is 9.98. The van der Waals surface area contributed by atoms with Crippen molar-refractivity contribution in [2.75, 3.05) is 58.2 Å². The van der Waals surface area contributed by atoms with E-state index in [1.54, 1.807) is 48.2 Å². The van der Waals surface area contributed by atoms with Crippen molar-refractivity contribution in [3.05, 3.63) is 106 Å². The van der Waals surface area contributed by atoms with E-state index >= 15 is 0 Å². The highest BCUT2D eigenvalue weighted by molar-refractivity contribution is 5.93. The fourth-order valence-corrected chi connectivity index (χ4v) is 6.52. The summed E-state index contributed by atoms with van der Waals surface area (Å²) < 4.78 is 16.4. The van der Waals surface area contributed by atoms with Gasteiger partial charge in [-0.1, -0.05) is 6.07 Å². The molecule has 4 amide bonds. The zero-order chi connectivity index (χ0) is 43.6. The van der Waals surface area contributed by atoms with Crippen LogP contribution < -0.4 is 25.8 Å². The molecule has 0 saturated carbocycles. The predicted molar refractivity (Wildman–Crippen MR) is 228 cm³/mol. The molecule has 0 unspecified atom stereocenters. The van der Waals surface area contributed by atoms with E-state index in [0.717, 1.165) is 51.1 Å². The minimum absolute atomic E-state index is 0.0361. The van der Waals surface area contributed by atoms with Gasteiger partial charge in [0, 0.05) is 107 Å². The summed E-state index contributed by atoms with van der Waals surface area (Å²) in [6.45, 7) is 9.39. The topological polar surface area (TPSA) is 221 Å². The number of hydrogen-bond acceptors (Lipinski definition) is 12. The number of carbonyl (C=O) groups is 4. The highest BCUT2D eigenvalue weighted by Crippen LogP contribution is 2.28. The molecular weight excluding hydrogens is 785 g/mol. The summed E-state index contributed by atoms with van der Waals surface area (Å²) >= 11 is 0. The number of aromatic nitrogens is 2. The number of hydrogen-bond donors (Lipinski definition) is 3. The Balaban J connectivity index is 0.000000207. The van der Waals surface area contributed by atoms with Gasteiger partial charge in [0.15, 0.2) is 0 Å². The molecule has 0 bridgehead atoms. The summed E-state index contributed by atoms with van der Waals surface area (Å²) in [5.74, 6) is 1.52. The Bertz CT molecular complexity index is 2140. The van der Waals surface area contributed by atoms with E-state index in [4.69, 9.17) is 19.9 Å². The molecule has 3 saturated heterocycles. The van der Waals surface area contributed by atoms with Gasteiger partial charge in [-0.15, -0.1) is 0 Å². The highest BCUT2D eigenvalue weighted by Gasteiger charge is 2.21. The molecule has 7 rings (SSSR count). The van der Waals surface area contributed by atoms with Crippen molar-refractivity contribution < 1.29 is 38.3 Å². The molecule has 2 aromatic heterocycles. The molecule has 61 heavy (non-hydrogen) atoms. The first-order valence-corrected chi connectivity index (χ1v) is 20.6. The summed E-state index contributed by atoms with van der Waals surface area (Å²) in [6.07, 6.45) is 9.97. The number of aryl methyl sites for hydroxylation is 2. The maximum Gasteiger partial charge on any atom is 0.276 e. The lowest BCUT2D eigenvalue weighted by atomic mass is 10.2. The van der Waals surface area contributed by atoms with E-state index in [2.05, 4.69) is 20.6 Å². The lowest BCUT2D eigenvalue weighted by Crippen LogP contribution is -2.30. The standard InChI is InChI=1S/C20H22N4O5.C20H24N4O3.C4H8O/c1-14-5-6-15(13-18(14)24(27)28)29-16-7-9-21-17(12-16)20(26)22-8-3-11-23-10-2-4-19(23)25;1-14-5-6-15(12-17(14)21)27-16-7-9-22-18(13-16)20(26)23-8-3-11-24-10-2-4-19(24)25;1-2-4-5-3-1/h5-7,9,12-13H,2-4,8,10-11H2,1H3,(H,22,26);5-7,9,12-13H,2-4,8,10-11,21H2,1H3,(H,23,26);1-4H2. The number of nitro groups is 1. The second-order valence-electron chi connectivity index (χ2n) is 14.7. The molecule has 3 fully saturated rings. The third kappa shape index (κ3) is 14.6. The van der Waals surface area contributed by atoms with E-state index in [1.807, 2.05) is 24.0 Å². The summed E-state index contributed by atoms with van der Waals surface area (Å²) in [6, 6.07) is 16.4. The minimum atomic E-state index is -0.469. The summed E-state index contributed by atoms with van der Waals surface area (Å²) in [5.41, 5.74) is 8.48. The number of nitro benzene ring substituents is 1. The molecular formula is C44H54N8O9. The van der Waals surface area contributed by atoms with Crippen LogP contribution in [-0.4, -0.2) is 101 Å². The molecule has 2 aromatic carbocycles. The Kier molecular flexibility index (Phi) is 17.3. The number of likely N-dealkylation sites (tertiary alicyclic amines) is 2. The molecule has 0 aliphatic carbocycles. The van der Waals surface area contributed by atoms with Gasteiger partial charge in [-0.25, -0.2) is 0 Å². The molecule has 0 spiro atoms. The van der Waals surface area contributed by atoms with E-state index in [1.165, 1.54) is 37.4 Å². The average molecular weight is 839 g/mol. The van der Waals surface area contributed by atoms with Gasteiger partial charge < -0.3 is 40.4 Å². The van der Waals surface area contributed by atoms with Gasteiger partial charge >= 0.3 is 0 Å². The second kappa shape index (κ2) is 23.2. The van der Waals surface area contributed by atoms with Gasteiger partial charge in [0.1, 0.15) is 34.4 Å². The number of carbonyl (C=O) groups excluding carboxylic acids is 4. The largest absolute Gasteiger partial charge is 0.457 e. The third-order valence-corrected chi connectivity index (χ3v) is 9.98. The molecule has 3 aliphatic rings. The summed E-state index contributed by atoms with van der Waals surface area (Å²) in [4.78, 5) is 70.1. The number of nitrogens with one attached hydrogen (secondary N) is 2. The Labute approximate surface area is 355 Å². The lowest BCUT2D eigenvalue weighted by Gasteiger charge is -2.15. The number of rotatable bonds is 15. The number of ether oxygens (including phenoxy) is 3. The van der Waals surface area contributed by atoms with Gasteiger partial charge in [-0.05, 0) is 88.3 Å². The van der Waals surface area contributed by atoms with Crippen LogP contribution >= 0.6 is 0 Å². The molecule has 4 aromatic rings. The predicted octanol–water partition coefficient (Wildman–Crippen LogP) is 6.14. The Morgan fingerprint density at radius 1 is 0.721 bits per heavy atom.